The molecule has 4 nitrogen and oxygen atoms in total. The third-order valence-electron chi connectivity index (χ3n) is 1.73. The fraction of sp³-hybridized carbons (Fsp3) is 0.833. The lowest BCUT2D eigenvalue weighted by Crippen LogP contribution is -2.31. The highest BCUT2D eigenvalue weighted by Gasteiger charge is 2.23. The summed E-state index contributed by atoms with van der Waals surface area (Å²) < 4.78 is 0. The Labute approximate surface area is 58.9 Å². The number of carboxylic acid groups (broad SMARTS) is 1. The molecule has 58 valence electrons. The molecule has 0 bridgehead atoms. The van der Waals surface area contributed by atoms with Gasteiger partial charge in [0.1, 0.15) is 0 Å². The highest BCUT2D eigenvalue weighted by molar-refractivity contribution is 5.64. The average Bonchev–Trinajstić information content (AvgIpc) is 2.13. The van der Waals surface area contributed by atoms with Gasteiger partial charge in [-0.05, 0) is 19.3 Å². The van der Waals surface area contributed by atoms with Crippen LogP contribution in [0.15, 0.2) is 0 Å². The summed E-state index contributed by atoms with van der Waals surface area (Å²) >= 11 is 0. The molecule has 2 atom stereocenters. The molecule has 0 aromatic rings. The van der Waals surface area contributed by atoms with E-state index in [0.717, 1.165) is 6.42 Å². The van der Waals surface area contributed by atoms with E-state index < -0.39 is 6.09 Å². The molecular formula is C6H11NO3. The summed E-state index contributed by atoms with van der Waals surface area (Å²) in [5.41, 5.74) is 0. The minimum absolute atomic E-state index is 0.0347. The number of aliphatic hydroxyl groups excluding tert-OH is 1. The fourth-order valence-corrected chi connectivity index (χ4v) is 1.26. The highest BCUT2D eigenvalue weighted by atomic mass is 16.4. The van der Waals surface area contributed by atoms with E-state index in [2.05, 4.69) is 5.32 Å². The minimum atomic E-state index is -1.00. The fourth-order valence-electron chi connectivity index (χ4n) is 1.26. The van der Waals surface area contributed by atoms with Gasteiger partial charge in [-0.2, -0.15) is 0 Å². The van der Waals surface area contributed by atoms with E-state index in [-0.39, 0.29) is 12.1 Å². The van der Waals surface area contributed by atoms with Crippen molar-refractivity contribution in [2.24, 2.45) is 0 Å². The van der Waals surface area contributed by atoms with Crippen molar-refractivity contribution in [3.8, 4) is 0 Å². The van der Waals surface area contributed by atoms with Gasteiger partial charge in [0, 0.05) is 6.04 Å². The summed E-state index contributed by atoms with van der Waals surface area (Å²) in [6, 6.07) is -0.0347. The number of nitrogens with one attached hydrogen (secondary N) is 1. The van der Waals surface area contributed by atoms with Crippen molar-refractivity contribution in [3.05, 3.63) is 0 Å². The van der Waals surface area contributed by atoms with E-state index in [9.17, 15) is 4.79 Å². The molecular weight excluding hydrogens is 134 g/mol. The lowest BCUT2D eigenvalue weighted by atomic mass is 10.2. The van der Waals surface area contributed by atoms with Crippen LogP contribution in [0.3, 0.4) is 0 Å². The van der Waals surface area contributed by atoms with Crippen LogP contribution in [0.5, 0.6) is 0 Å². The van der Waals surface area contributed by atoms with E-state index in [1.807, 2.05) is 0 Å². The van der Waals surface area contributed by atoms with Gasteiger partial charge in [0.2, 0.25) is 0 Å². The lowest BCUT2D eigenvalue weighted by Gasteiger charge is -2.07. The molecule has 10 heavy (non-hydrogen) atoms. The topological polar surface area (TPSA) is 69.6 Å². The Morgan fingerprint density at radius 2 is 2.20 bits per heavy atom. The number of amides is 1. The first kappa shape index (κ1) is 7.34. The molecule has 3 N–H and O–H groups in total. The largest absolute Gasteiger partial charge is 0.465 e. The zero-order chi connectivity index (χ0) is 7.56. The van der Waals surface area contributed by atoms with Gasteiger partial charge in [0.05, 0.1) is 6.10 Å². The van der Waals surface area contributed by atoms with Crippen molar-refractivity contribution in [1.29, 1.82) is 0 Å². The molecule has 0 heterocycles. The van der Waals surface area contributed by atoms with Gasteiger partial charge in [0.25, 0.3) is 0 Å². The Morgan fingerprint density at radius 1 is 1.50 bits per heavy atom. The predicted molar refractivity (Wildman–Crippen MR) is 34.8 cm³/mol. The summed E-state index contributed by atoms with van der Waals surface area (Å²) in [6.45, 7) is 0. The second-order valence-electron chi connectivity index (χ2n) is 2.61. The van der Waals surface area contributed by atoms with Gasteiger partial charge in [-0.15, -0.1) is 0 Å². The SMILES string of the molecule is O=C(O)N[C@@H]1CC[C@H](O)C1. The van der Waals surface area contributed by atoms with Crippen LogP contribution in [0.25, 0.3) is 0 Å². The van der Waals surface area contributed by atoms with Crippen LogP contribution in [-0.4, -0.2) is 28.5 Å². The number of carbonyl (C=O) groups is 1. The van der Waals surface area contributed by atoms with Crippen molar-refractivity contribution < 1.29 is 15.0 Å². The number of hydrogen-bond acceptors (Lipinski definition) is 2. The van der Waals surface area contributed by atoms with Gasteiger partial charge >= 0.3 is 6.09 Å². The molecule has 4 heteroatoms. The Kier molecular flexibility index (Phi) is 2.11. The van der Waals surface area contributed by atoms with Crippen molar-refractivity contribution in [2.45, 2.75) is 31.4 Å². The highest BCUT2D eigenvalue weighted by Crippen LogP contribution is 2.18. The van der Waals surface area contributed by atoms with Gasteiger partial charge in [0.15, 0.2) is 0 Å². The Hall–Kier alpha value is -0.770. The molecule has 1 aliphatic rings. The Balaban J connectivity index is 2.24. The monoisotopic (exact) mass is 145 g/mol. The van der Waals surface area contributed by atoms with E-state index in [0.29, 0.717) is 12.8 Å². The summed E-state index contributed by atoms with van der Waals surface area (Å²) in [5.74, 6) is 0. The molecule has 0 unspecified atom stereocenters. The van der Waals surface area contributed by atoms with E-state index >= 15 is 0 Å². The van der Waals surface area contributed by atoms with Crippen LogP contribution < -0.4 is 5.32 Å². The molecule has 0 aliphatic heterocycles. The van der Waals surface area contributed by atoms with Crippen molar-refractivity contribution >= 4 is 6.09 Å². The Bertz CT molecular complexity index is 137. The van der Waals surface area contributed by atoms with E-state index in [1.165, 1.54) is 0 Å². The maximum absolute atomic E-state index is 10.1. The van der Waals surface area contributed by atoms with Crippen molar-refractivity contribution in [2.75, 3.05) is 0 Å². The molecule has 0 spiro atoms. The van der Waals surface area contributed by atoms with Crippen LogP contribution in [0.1, 0.15) is 19.3 Å². The second-order valence-corrected chi connectivity index (χ2v) is 2.61. The standard InChI is InChI=1S/C6H11NO3/c8-5-2-1-4(3-5)7-6(9)10/h4-5,7-8H,1-3H2,(H,9,10)/t4-,5+/m1/s1. The molecule has 1 rings (SSSR count). The molecule has 0 aromatic carbocycles. The van der Waals surface area contributed by atoms with E-state index in [4.69, 9.17) is 10.2 Å². The first-order valence-corrected chi connectivity index (χ1v) is 3.36. The third kappa shape index (κ3) is 1.88. The lowest BCUT2D eigenvalue weighted by molar-refractivity contribution is 0.174. The average molecular weight is 145 g/mol. The van der Waals surface area contributed by atoms with Crippen molar-refractivity contribution in [3.63, 3.8) is 0 Å². The number of rotatable bonds is 1. The number of hydrogen-bond donors (Lipinski definition) is 3. The minimum Gasteiger partial charge on any atom is -0.465 e. The maximum atomic E-state index is 10.1. The van der Waals surface area contributed by atoms with Crippen LogP contribution in [0.4, 0.5) is 4.79 Å². The summed E-state index contributed by atoms with van der Waals surface area (Å²) in [4.78, 5) is 10.1. The first-order valence-electron chi connectivity index (χ1n) is 3.36. The molecule has 0 radical (unpaired) electrons. The van der Waals surface area contributed by atoms with Crippen LogP contribution in [0.2, 0.25) is 0 Å². The van der Waals surface area contributed by atoms with Crippen LogP contribution in [-0.2, 0) is 0 Å². The smallest absolute Gasteiger partial charge is 0.404 e. The first-order chi connectivity index (χ1) is 4.68. The van der Waals surface area contributed by atoms with Gasteiger partial charge in [-0.3, -0.25) is 0 Å². The normalized spacial score (nSPS) is 32.1. The zero-order valence-electron chi connectivity index (χ0n) is 5.58. The van der Waals surface area contributed by atoms with Gasteiger partial charge in [-0.25, -0.2) is 4.79 Å². The molecule has 1 aliphatic carbocycles. The maximum Gasteiger partial charge on any atom is 0.404 e. The Morgan fingerprint density at radius 3 is 2.60 bits per heavy atom. The zero-order valence-corrected chi connectivity index (χ0v) is 5.58. The quantitative estimate of drug-likeness (QED) is 0.492. The van der Waals surface area contributed by atoms with E-state index in [1.54, 1.807) is 0 Å². The second kappa shape index (κ2) is 2.88. The summed E-state index contributed by atoms with van der Waals surface area (Å²) in [6.07, 6.45) is 0.723. The molecule has 0 aromatic heterocycles. The van der Waals surface area contributed by atoms with Gasteiger partial charge in [-0.1, -0.05) is 0 Å². The number of aliphatic hydroxyl groups is 1. The molecule has 1 amide bonds. The molecule has 0 saturated heterocycles. The van der Waals surface area contributed by atoms with Crippen molar-refractivity contribution in [1.82, 2.24) is 5.32 Å². The molecule has 1 fully saturated rings. The summed E-state index contributed by atoms with van der Waals surface area (Å²) in [5, 5.41) is 19.6. The third-order valence-corrected chi connectivity index (χ3v) is 1.73. The van der Waals surface area contributed by atoms with Crippen LogP contribution in [0, 0.1) is 0 Å². The summed E-state index contributed by atoms with van der Waals surface area (Å²) in [7, 11) is 0. The molecule has 1 saturated carbocycles. The predicted octanol–water partition coefficient (Wildman–Crippen LogP) is 0.167. The van der Waals surface area contributed by atoms with Gasteiger partial charge < -0.3 is 15.5 Å². The van der Waals surface area contributed by atoms with Crippen LogP contribution >= 0.6 is 0 Å².